The summed E-state index contributed by atoms with van der Waals surface area (Å²) < 4.78 is 5.52. The number of carboxylic acid groups (broad SMARTS) is 1. The molecule has 0 aromatic carbocycles. The fourth-order valence-electron chi connectivity index (χ4n) is 2.27. The largest absolute Gasteiger partial charge is 0.481 e. The Hall–Kier alpha value is -1.29. The molecule has 1 fully saturated rings. The van der Waals surface area contributed by atoms with Gasteiger partial charge in [-0.15, -0.1) is 0 Å². The maximum Gasteiger partial charge on any atom is 0.311 e. The number of rotatable bonds is 4. The molecular formula is C13H19NO3. The fourth-order valence-corrected chi connectivity index (χ4v) is 2.27. The molecule has 17 heavy (non-hydrogen) atoms. The van der Waals surface area contributed by atoms with E-state index in [0.717, 1.165) is 25.4 Å². The van der Waals surface area contributed by atoms with Gasteiger partial charge in [0.2, 0.25) is 0 Å². The van der Waals surface area contributed by atoms with Crippen LogP contribution in [0.25, 0.3) is 0 Å². The van der Waals surface area contributed by atoms with Gasteiger partial charge in [0.15, 0.2) is 0 Å². The van der Waals surface area contributed by atoms with Crippen LogP contribution in [0, 0.1) is 0 Å². The minimum absolute atomic E-state index is 0.0278. The summed E-state index contributed by atoms with van der Waals surface area (Å²) in [6, 6.07) is 3.66. The molecule has 4 heteroatoms. The predicted molar refractivity (Wildman–Crippen MR) is 63.8 cm³/mol. The Morgan fingerprint density at radius 3 is 2.47 bits per heavy atom. The van der Waals surface area contributed by atoms with Gasteiger partial charge in [0.25, 0.3) is 0 Å². The number of nitrogens with zero attached hydrogens (tertiary/aromatic N) is 1. The van der Waals surface area contributed by atoms with Crippen LogP contribution in [-0.2, 0) is 17.8 Å². The summed E-state index contributed by atoms with van der Waals surface area (Å²) in [6.45, 7) is 3.05. The minimum atomic E-state index is -0.847. The molecule has 1 aliphatic rings. The van der Waals surface area contributed by atoms with Gasteiger partial charge in [-0.25, -0.2) is 0 Å². The smallest absolute Gasteiger partial charge is 0.311 e. The van der Waals surface area contributed by atoms with Crippen molar-refractivity contribution in [1.29, 1.82) is 0 Å². The van der Waals surface area contributed by atoms with Crippen LogP contribution in [0.15, 0.2) is 16.5 Å². The van der Waals surface area contributed by atoms with E-state index in [2.05, 4.69) is 4.90 Å². The van der Waals surface area contributed by atoms with Gasteiger partial charge in [-0.2, -0.15) is 0 Å². The van der Waals surface area contributed by atoms with E-state index in [1.165, 1.54) is 25.7 Å². The number of likely N-dealkylation sites (tertiary alicyclic amines) is 1. The van der Waals surface area contributed by atoms with Gasteiger partial charge in [0.1, 0.15) is 17.9 Å². The number of hydrogen-bond acceptors (Lipinski definition) is 3. The second kappa shape index (κ2) is 5.87. The SMILES string of the molecule is O=C(O)Cc1ccc(CN2CCCCCC2)o1. The highest BCUT2D eigenvalue weighted by atomic mass is 16.4. The summed E-state index contributed by atoms with van der Waals surface area (Å²) in [6.07, 6.45) is 5.11. The molecule has 0 radical (unpaired) electrons. The van der Waals surface area contributed by atoms with Gasteiger partial charge in [0.05, 0.1) is 6.54 Å². The van der Waals surface area contributed by atoms with Crippen LogP contribution in [0.3, 0.4) is 0 Å². The Balaban J connectivity index is 1.89. The van der Waals surface area contributed by atoms with Crippen molar-refractivity contribution in [2.24, 2.45) is 0 Å². The first-order valence-electron chi connectivity index (χ1n) is 6.26. The van der Waals surface area contributed by atoms with Gasteiger partial charge in [-0.3, -0.25) is 9.69 Å². The van der Waals surface area contributed by atoms with E-state index >= 15 is 0 Å². The van der Waals surface area contributed by atoms with Crippen LogP contribution < -0.4 is 0 Å². The summed E-state index contributed by atoms with van der Waals surface area (Å²) >= 11 is 0. The van der Waals surface area contributed by atoms with E-state index in [1.807, 2.05) is 6.07 Å². The van der Waals surface area contributed by atoms with E-state index in [1.54, 1.807) is 6.07 Å². The maximum atomic E-state index is 10.5. The highest BCUT2D eigenvalue weighted by molar-refractivity contribution is 5.69. The Kier molecular flexibility index (Phi) is 4.20. The first-order valence-corrected chi connectivity index (χ1v) is 6.26. The van der Waals surface area contributed by atoms with Gasteiger partial charge in [-0.1, -0.05) is 12.8 Å². The third-order valence-electron chi connectivity index (χ3n) is 3.12. The summed E-state index contributed by atoms with van der Waals surface area (Å²) in [4.78, 5) is 12.9. The summed E-state index contributed by atoms with van der Waals surface area (Å²) in [5.41, 5.74) is 0. The Morgan fingerprint density at radius 1 is 1.18 bits per heavy atom. The van der Waals surface area contributed by atoms with Crippen molar-refractivity contribution >= 4 is 5.97 Å². The molecular weight excluding hydrogens is 218 g/mol. The quantitative estimate of drug-likeness (QED) is 0.873. The highest BCUT2D eigenvalue weighted by Crippen LogP contribution is 2.15. The Morgan fingerprint density at radius 2 is 1.82 bits per heavy atom. The van der Waals surface area contributed by atoms with Crippen LogP contribution >= 0.6 is 0 Å². The molecule has 4 nitrogen and oxygen atoms in total. The number of hydrogen-bond donors (Lipinski definition) is 1. The lowest BCUT2D eigenvalue weighted by molar-refractivity contribution is -0.136. The van der Waals surface area contributed by atoms with Crippen LogP contribution in [0.4, 0.5) is 0 Å². The molecule has 1 aliphatic heterocycles. The Labute approximate surface area is 101 Å². The average molecular weight is 237 g/mol. The van der Waals surface area contributed by atoms with E-state index in [9.17, 15) is 4.79 Å². The third-order valence-corrected chi connectivity index (χ3v) is 3.12. The second-order valence-electron chi connectivity index (χ2n) is 4.63. The minimum Gasteiger partial charge on any atom is -0.481 e. The molecule has 1 aromatic heterocycles. The van der Waals surface area contributed by atoms with E-state index in [0.29, 0.717) is 5.76 Å². The van der Waals surface area contributed by atoms with Crippen molar-refractivity contribution in [2.75, 3.05) is 13.1 Å². The van der Waals surface area contributed by atoms with Crippen molar-refractivity contribution in [2.45, 2.75) is 38.6 Å². The van der Waals surface area contributed by atoms with E-state index in [-0.39, 0.29) is 6.42 Å². The lowest BCUT2D eigenvalue weighted by atomic mass is 10.2. The number of carbonyl (C=O) groups is 1. The number of furan rings is 1. The molecule has 0 saturated carbocycles. The normalized spacial score (nSPS) is 17.9. The zero-order valence-electron chi connectivity index (χ0n) is 10.0. The monoisotopic (exact) mass is 237 g/mol. The number of aliphatic carboxylic acids is 1. The van der Waals surface area contributed by atoms with E-state index < -0.39 is 5.97 Å². The molecule has 0 spiro atoms. The van der Waals surface area contributed by atoms with Crippen molar-refractivity contribution < 1.29 is 14.3 Å². The highest BCUT2D eigenvalue weighted by Gasteiger charge is 2.12. The van der Waals surface area contributed by atoms with Crippen LogP contribution in [0.2, 0.25) is 0 Å². The average Bonchev–Trinajstić information content (AvgIpc) is 2.54. The van der Waals surface area contributed by atoms with Crippen LogP contribution in [0.5, 0.6) is 0 Å². The molecule has 0 aliphatic carbocycles. The number of carboxylic acids is 1. The first kappa shape index (κ1) is 12.2. The summed E-state index contributed by atoms with van der Waals surface area (Å²) in [5, 5.41) is 8.66. The Bertz CT molecular complexity index is 364. The molecule has 0 atom stereocenters. The summed E-state index contributed by atoms with van der Waals surface area (Å²) in [7, 11) is 0. The standard InChI is InChI=1S/C13H19NO3/c15-13(16)9-11-5-6-12(17-11)10-14-7-3-1-2-4-8-14/h5-6H,1-4,7-10H2,(H,15,16). The van der Waals surface area contributed by atoms with Gasteiger partial charge >= 0.3 is 5.97 Å². The molecule has 2 heterocycles. The molecule has 0 amide bonds. The molecule has 1 aromatic rings. The maximum absolute atomic E-state index is 10.5. The molecule has 1 saturated heterocycles. The zero-order valence-corrected chi connectivity index (χ0v) is 10.0. The van der Waals surface area contributed by atoms with Crippen LogP contribution in [-0.4, -0.2) is 29.1 Å². The lowest BCUT2D eigenvalue weighted by Gasteiger charge is -2.17. The van der Waals surface area contributed by atoms with Crippen molar-refractivity contribution in [3.63, 3.8) is 0 Å². The van der Waals surface area contributed by atoms with Crippen molar-refractivity contribution in [3.8, 4) is 0 Å². The molecule has 0 unspecified atom stereocenters. The molecule has 1 N–H and O–H groups in total. The molecule has 0 bridgehead atoms. The van der Waals surface area contributed by atoms with Gasteiger partial charge in [-0.05, 0) is 38.1 Å². The predicted octanol–water partition coefficient (Wildman–Crippen LogP) is 2.28. The second-order valence-corrected chi connectivity index (χ2v) is 4.63. The zero-order chi connectivity index (χ0) is 12.1. The van der Waals surface area contributed by atoms with Crippen molar-refractivity contribution in [1.82, 2.24) is 4.90 Å². The molecule has 94 valence electrons. The van der Waals surface area contributed by atoms with Gasteiger partial charge < -0.3 is 9.52 Å². The third kappa shape index (κ3) is 3.89. The van der Waals surface area contributed by atoms with Gasteiger partial charge in [0, 0.05) is 0 Å². The fraction of sp³-hybridized carbons (Fsp3) is 0.615. The molecule has 2 rings (SSSR count). The summed E-state index contributed by atoms with van der Waals surface area (Å²) in [5.74, 6) is 0.575. The lowest BCUT2D eigenvalue weighted by Crippen LogP contribution is -2.23. The first-order chi connectivity index (χ1) is 8.24. The van der Waals surface area contributed by atoms with E-state index in [4.69, 9.17) is 9.52 Å². The van der Waals surface area contributed by atoms with Crippen LogP contribution in [0.1, 0.15) is 37.2 Å². The van der Waals surface area contributed by atoms with Crippen molar-refractivity contribution in [3.05, 3.63) is 23.7 Å². The topological polar surface area (TPSA) is 53.7 Å².